The van der Waals surface area contributed by atoms with Crippen molar-refractivity contribution in [3.63, 3.8) is 0 Å². The maximum absolute atomic E-state index is 12.2. The van der Waals surface area contributed by atoms with Crippen LogP contribution in [0, 0.1) is 0 Å². The van der Waals surface area contributed by atoms with Gasteiger partial charge in [0.15, 0.2) is 6.29 Å². The van der Waals surface area contributed by atoms with E-state index in [1.54, 1.807) is 21.0 Å². The van der Waals surface area contributed by atoms with Crippen molar-refractivity contribution in [2.75, 3.05) is 26.5 Å². The van der Waals surface area contributed by atoms with Crippen LogP contribution < -0.4 is 10.6 Å². The maximum atomic E-state index is 12.2. The highest BCUT2D eigenvalue weighted by molar-refractivity contribution is 7.13. The molecular weight excluding hydrogens is 547 g/mol. The Morgan fingerprint density at radius 1 is 1.08 bits per heavy atom. The van der Waals surface area contributed by atoms with E-state index in [1.165, 1.54) is 41.9 Å². The number of thiazole rings is 1. The van der Waals surface area contributed by atoms with E-state index in [4.69, 9.17) is 11.6 Å². The van der Waals surface area contributed by atoms with E-state index in [-0.39, 0.29) is 29.2 Å². The number of amides is 2. The zero-order valence-electron chi connectivity index (χ0n) is 21.4. The molecule has 1 atom stereocenters. The van der Waals surface area contributed by atoms with Crippen LogP contribution in [0.15, 0.2) is 30.9 Å². The fourth-order valence-corrected chi connectivity index (χ4v) is 3.45. The molecule has 0 fully saturated rings. The minimum atomic E-state index is -4.44. The molecule has 38 heavy (non-hydrogen) atoms. The molecule has 10 nitrogen and oxygen atoms in total. The zero-order chi connectivity index (χ0) is 29.0. The van der Waals surface area contributed by atoms with Gasteiger partial charge in [0.1, 0.15) is 28.5 Å². The van der Waals surface area contributed by atoms with Crippen LogP contribution in [0.25, 0.3) is 0 Å². The van der Waals surface area contributed by atoms with Gasteiger partial charge in [0.25, 0.3) is 11.8 Å². The van der Waals surface area contributed by atoms with Gasteiger partial charge in [-0.3, -0.25) is 14.4 Å². The topological polar surface area (TPSA) is 130 Å². The van der Waals surface area contributed by atoms with Crippen LogP contribution in [-0.4, -0.2) is 64.1 Å². The average Bonchev–Trinajstić information content (AvgIpc) is 3.39. The molecule has 3 rings (SSSR count). The minimum absolute atomic E-state index is 0.0872. The summed E-state index contributed by atoms with van der Waals surface area (Å²) in [4.78, 5) is 52.1. The first-order valence-electron chi connectivity index (χ1n) is 11.0. The molecule has 0 spiro atoms. The van der Waals surface area contributed by atoms with E-state index in [0.29, 0.717) is 16.2 Å². The van der Waals surface area contributed by atoms with Crippen molar-refractivity contribution >= 4 is 46.9 Å². The predicted octanol–water partition coefficient (Wildman–Crippen LogP) is 4.76. The lowest BCUT2D eigenvalue weighted by atomic mass is 10.2. The molecule has 0 saturated heterocycles. The molecule has 0 saturated carbocycles. The van der Waals surface area contributed by atoms with E-state index in [2.05, 4.69) is 30.6 Å². The first-order chi connectivity index (χ1) is 17.9. The number of anilines is 1. The molecule has 0 radical (unpaired) electrons. The van der Waals surface area contributed by atoms with Crippen molar-refractivity contribution in [1.29, 1.82) is 0 Å². The Balaban J connectivity index is 0.000000408. The third-order valence-electron chi connectivity index (χ3n) is 4.32. The third-order valence-corrected chi connectivity index (χ3v) is 5.72. The number of hydrogen-bond acceptors (Lipinski definition) is 9. The van der Waals surface area contributed by atoms with Crippen molar-refractivity contribution in [3.05, 3.63) is 62.7 Å². The molecule has 15 heteroatoms. The molecule has 3 aromatic rings. The van der Waals surface area contributed by atoms with Crippen LogP contribution in [0.1, 0.15) is 68.0 Å². The lowest BCUT2D eigenvalue weighted by Gasteiger charge is -2.12. The van der Waals surface area contributed by atoms with Gasteiger partial charge in [0.2, 0.25) is 0 Å². The lowest BCUT2D eigenvalue weighted by molar-refractivity contribution is -0.137. The van der Waals surface area contributed by atoms with Crippen LogP contribution >= 0.6 is 22.9 Å². The fourth-order valence-electron chi connectivity index (χ4n) is 2.51. The van der Waals surface area contributed by atoms with Gasteiger partial charge in [0, 0.05) is 39.6 Å². The average molecular weight is 574 g/mol. The Morgan fingerprint density at radius 2 is 1.71 bits per heavy atom. The molecule has 0 aliphatic rings. The van der Waals surface area contributed by atoms with Gasteiger partial charge >= 0.3 is 6.18 Å². The van der Waals surface area contributed by atoms with Gasteiger partial charge in [-0.25, -0.2) is 19.9 Å². The summed E-state index contributed by atoms with van der Waals surface area (Å²) in [5.74, 6) is -0.627. The Labute approximate surface area is 226 Å². The number of halogens is 4. The van der Waals surface area contributed by atoms with Crippen molar-refractivity contribution in [1.82, 2.24) is 30.2 Å². The van der Waals surface area contributed by atoms with E-state index in [0.717, 1.165) is 12.3 Å². The molecule has 2 N–H and O–H groups in total. The van der Waals surface area contributed by atoms with Crippen LogP contribution in [0.3, 0.4) is 0 Å². The number of alkyl halides is 3. The lowest BCUT2D eigenvalue weighted by Crippen LogP contribution is -2.28. The Bertz CT molecular complexity index is 1240. The number of aromatic nitrogens is 4. The van der Waals surface area contributed by atoms with Crippen LogP contribution in [-0.2, 0) is 6.18 Å². The SMILES string of the molecule is CC.CC(NC(=O)c1cc(C(=O)N(C)C)ncn1)c1ncc(C=O)s1.CNc1cc(C(F)(F)F)c(Cl)cn1. The summed E-state index contributed by atoms with van der Waals surface area (Å²) < 4.78 is 36.7. The van der Waals surface area contributed by atoms with Gasteiger partial charge in [-0.1, -0.05) is 25.4 Å². The normalized spacial score (nSPS) is 11.1. The molecule has 1 unspecified atom stereocenters. The quantitative estimate of drug-likeness (QED) is 0.404. The van der Waals surface area contributed by atoms with Crippen LogP contribution in [0.2, 0.25) is 5.02 Å². The summed E-state index contributed by atoms with van der Waals surface area (Å²) in [6.07, 6.45) is -0.139. The number of rotatable bonds is 6. The van der Waals surface area contributed by atoms with Crippen molar-refractivity contribution in [2.24, 2.45) is 0 Å². The number of aldehydes is 1. The Kier molecular flexibility index (Phi) is 12.7. The second-order valence-electron chi connectivity index (χ2n) is 7.20. The largest absolute Gasteiger partial charge is 0.418 e. The standard InChI is InChI=1S/C14H15N5O3S.C7H6ClF3N2.C2H6/c1-8(13-15-5-9(6-20)23-13)18-12(21)10-4-11(17-7-16-10)14(22)19(2)3;1-12-6-2-4(7(9,10)11)5(8)3-13-6;1-2/h4-8H,1-3H3,(H,18,21);2-3H,1H3,(H,12,13);1-2H3. The summed E-state index contributed by atoms with van der Waals surface area (Å²) in [7, 11) is 4.68. The first-order valence-corrected chi connectivity index (χ1v) is 12.2. The highest BCUT2D eigenvalue weighted by atomic mass is 35.5. The zero-order valence-corrected chi connectivity index (χ0v) is 23.0. The number of hydrogen-bond donors (Lipinski definition) is 2. The molecule has 2 amide bonds. The fraction of sp³-hybridized carbons (Fsp3) is 0.348. The van der Waals surface area contributed by atoms with Gasteiger partial charge in [-0.2, -0.15) is 13.2 Å². The van der Waals surface area contributed by atoms with Crippen molar-refractivity contribution in [2.45, 2.75) is 33.0 Å². The molecular formula is C23H27ClF3N7O3S. The monoisotopic (exact) mass is 573 g/mol. The maximum Gasteiger partial charge on any atom is 0.418 e. The Hall–Kier alpha value is -3.65. The second-order valence-corrected chi connectivity index (χ2v) is 8.70. The molecule has 0 aliphatic carbocycles. The minimum Gasteiger partial charge on any atom is -0.373 e. The van der Waals surface area contributed by atoms with Gasteiger partial charge in [-0.15, -0.1) is 11.3 Å². The van der Waals surface area contributed by atoms with E-state index >= 15 is 0 Å². The number of pyridine rings is 1. The summed E-state index contributed by atoms with van der Waals surface area (Å²) in [5, 5.41) is 5.43. The Morgan fingerprint density at radius 3 is 2.24 bits per heavy atom. The first kappa shape index (κ1) is 32.4. The highest BCUT2D eigenvalue weighted by Crippen LogP contribution is 2.35. The summed E-state index contributed by atoms with van der Waals surface area (Å²) in [6, 6.07) is 1.81. The molecule has 3 heterocycles. The predicted molar refractivity (Wildman–Crippen MR) is 139 cm³/mol. The van der Waals surface area contributed by atoms with Gasteiger partial charge < -0.3 is 15.5 Å². The van der Waals surface area contributed by atoms with Crippen molar-refractivity contribution < 1.29 is 27.6 Å². The van der Waals surface area contributed by atoms with E-state index < -0.39 is 22.7 Å². The number of nitrogens with one attached hydrogen (secondary N) is 2. The number of carbonyl (C=O) groups is 3. The molecule has 206 valence electrons. The van der Waals surface area contributed by atoms with Crippen LogP contribution in [0.4, 0.5) is 19.0 Å². The van der Waals surface area contributed by atoms with E-state index in [9.17, 15) is 27.6 Å². The summed E-state index contributed by atoms with van der Waals surface area (Å²) >= 11 is 6.53. The molecule has 0 aliphatic heterocycles. The van der Waals surface area contributed by atoms with E-state index in [1.807, 2.05) is 13.8 Å². The molecule has 3 aromatic heterocycles. The van der Waals surface area contributed by atoms with Gasteiger partial charge in [0.05, 0.1) is 21.5 Å². The van der Waals surface area contributed by atoms with Gasteiger partial charge in [-0.05, 0) is 13.0 Å². The summed E-state index contributed by atoms with van der Waals surface area (Å²) in [5.41, 5.74) is -0.655. The van der Waals surface area contributed by atoms with Crippen molar-refractivity contribution in [3.8, 4) is 0 Å². The smallest absolute Gasteiger partial charge is 0.373 e. The second kappa shape index (κ2) is 14.9. The number of carbonyl (C=O) groups excluding carboxylic acids is 3. The molecule has 0 aromatic carbocycles. The third kappa shape index (κ3) is 9.34. The number of nitrogens with zero attached hydrogens (tertiary/aromatic N) is 5. The molecule has 0 bridgehead atoms. The summed E-state index contributed by atoms with van der Waals surface area (Å²) in [6.45, 7) is 5.75. The highest BCUT2D eigenvalue weighted by Gasteiger charge is 2.33. The van der Waals surface area contributed by atoms with Crippen LogP contribution in [0.5, 0.6) is 0 Å².